The molecule has 5 nitrogen and oxygen atoms in total. The Kier molecular flexibility index (Phi) is 2.14. The zero-order chi connectivity index (χ0) is 11.1. The Bertz CT molecular complexity index is 530. The van der Waals surface area contributed by atoms with Gasteiger partial charge in [0.2, 0.25) is 0 Å². The number of aromatic nitrogens is 4. The van der Waals surface area contributed by atoms with Crippen molar-refractivity contribution in [3.8, 4) is 0 Å². The van der Waals surface area contributed by atoms with Gasteiger partial charge in [-0.3, -0.25) is 0 Å². The van der Waals surface area contributed by atoms with Crippen LogP contribution in [0.5, 0.6) is 0 Å². The largest absolute Gasteiger partial charge is 0.377 e. The number of fused-ring (bicyclic) bond motifs is 1. The number of rotatable bonds is 2. The van der Waals surface area contributed by atoms with Gasteiger partial charge in [0.25, 0.3) is 0 Å². The molecule has 2 aromatic heterocycles. The Morgan fingerprint density at radius 3 is 2.94 bits per heavy atom. The number of ether oxygens (including phenoxy) is 1. The average molecular weight is 218 g/mol. The highest BCUT2D eigenvalue weighted by Crippen LogP contribution is 2.24. The zero-order valence-electron chi connectivity index (χ0n) is 9.47. The van der Waals surface area contributed by atoms with Gasteiger partial charge in [-0.05, 0) is 13.3 Å². The lowest BCUT2D eigenvalue weighted by Crippen LogP contribution is -2.31. The molecule has 3 heterocycles. The number of nitrogens with zero attached hydrogens (tertiary/aromatic N) is 4. The van der Waals surface area contributed by atoms with E-state index < -0.39 is 0 Å². The fourth-order valence-electron chi connectivity index (χ4n) is 1.95. The van der Waals surface area contributed by atoms with E-state index in [4.69, 9.17) is 4.74 Å². The quantitative estimate of drug-likeness (QED) is 0.761. The Hall–Kier alpha value is -1.49. The molecule has 5 heteroatoms. The highest BCUT2D eigenvalue weighted by Gasteiger charge is 2.25. The Balaban J connectivity index is 2.22. The number of aryl methyl sites for hydroxylation is 2. The summed E-state index contributed by atoms with van der Waals surface area (Å²) < 4.78 is 7.20. The van der Waals surface area contributed by atoms with Gasteiger partial charge in [0.1, 0.15) is 11.9 Å². The average Bonchev–Trinajstić information content (AvgIpc) is 2.54. The van der Waals surface area contributed by atoms with Crippen LogP contribution in [0.25, 0.3) is 11.0 Å². The van der Waals surface area contributed by atoms with Gasteiger partial charge in [0.05, 0.1) is 24.3 Å². The fourth-order valence-corrected chi connectivity index (χ4v) is 1.95. The molecule has 3 rings (SSSR count). The van der Waals surface area contributed by atoms with Gasteiger partial charge in [0, 0.05) is 6.20 Å². The Morgan fingerprint density at radius 2 is 2.31 bits per heavy atom. The molecule has 0 saturated carbocycles. The molecule has 0 bridgehead atoms. The van der Waals surface area contributed by atoms with Gasteiger partial charge >= 0.3 is 0 Å². The number of hydrogen-bond donors (Lipinski definition) is 0. The summed E-state index contributed by atoms with van der Waals surface area (Å²) in [6, 6.07) is 0.345. The lowest BCUT2D eigenvalue weighted by molar-refractivity contribution is -0.0270. The highest BCUT2D eigenvalue weighted by molar-refractivity contribution is 5.77. The maximum atomic E-state index is 5.21. The van der Waals surface area contributed by atoms with Gasteiger partial charge in [-0.25, -0.2) is 14.6 Å². The molecule has 0 N–H and O–H groups in total. The van der Waals surface area contributed by atoms with Crippen molar-refractivity contribution < 1.29 is 4.74 Å². The fraction of sp³-hybridized carbons (Fsp3) is 0.545. The third-order valence-corrected chi connectivity index (χ3v) is 2.95. The van der Waals surface area contributed by atoms with Crippen molar-refractivity contribution in [1.29, 1.82) is 0 Å². The molecule has 16 heavy (non-hydrogen) atoms. The molecule has 1 aliphatic rings. The van der Waals surface area contributed by atoms with Crippen LogP contribution < -0.4 is 0 Å². The number of hydrogen-bond acceptors (Lipinski definition) is 4. The van der Waals surface area contributed by atoms with Gasteiger partial charge in [-0.1, -0.05) is 6.92 Å². The van der Waals surface area contributed by atoms with E-state index in [-0.39, 0.29) is 0 Å². The van der Waals surface area contributed by atoms with Gasteiger partial charge in [-0.15, -0.1) is 0 Å². The third kappa shape index (κ3) is 1.31. The monoisotopic (exact) mass is 218 g/mol. The molecule has 0 amide bonds. The lowest BCUT2D eigenvalue weighted by atomic mass is 10.2. The van der Waals surface area contributed by atoms with Crippen LogP contribution in [0.3, 0.4) is 0 Å². The minimum absolute atomic E-state index is 0.345. The molecule has 0 aromatic carbocycles. The van der Waals surface area contributed by atoms with Crippen LogP contribution in [-0.2, 0) is 11.2 Å². The van der Waals surface area contributed by atoms with Crippen LogP contribution in [0, 0.1) is 6.92 Å². The van der Waals surface area contributed by atoms with Crippen molar-refractivity contribution >= 4 is 11.0 Å². The molecule has 0 atom stereocenters. The summed E-state index contributed by atoms with van der Waals surface area (Å²) >= 11 is 0. The Labute approximate surface area is 93.5 Å². The van der Waals surface area contributed by atoms with Crippen LogP contribution in [0.1, 0.15) is 24.5 Å². The zero-order valence-corrected chi connectivity index (χ0v) is 9.47. The first-order valence-electron chi connectivity index (χ1n) is 5.58. The molecule has 1 saturated heterocycles. The molecular weight excluding hydrogens is 204 g/mol. The summed E-state index contributed by atoms with van der Waals surface area (Å²) in [7, 11) is 0. The molecule has 0 unspecified atom stereocenters. The van der Waals surface area contributed by atoms with Gasteiger partial charge < -0.3 is 4.74 Å². The third-order valence-electron chi connectivity index (χ3n) is 2.95. The summed E-state index contributed by atoms with van der Waals surface area (Å²) in [6.45, 7) is 5.48. The van der Waals surface area contributed by atoms with Crippen molar-refractivity contribution in [1.82, 2.24) is 19.7 Å². The molecular formula is C11H14N4O. The molecule has 1 aliphatic heterocycles. The van der Waals surface area contributed by atoms with E-state index in [2.05, 4.69) is 22.0 Å². The van der Waals surface area contributed by atoms with E-state index in [9.17, 15) is 0 Å². The minimum atomic E-state index is 0.345. The molecule has 1 fully saturated rings. The second-order valence-electron chi connectivity index (χ2n) is 4.09. The maximum Gasteiger partial charge on any atom is 0.162 e. The van der Waals surface area contributed by atoms with Crippen molar-refractivity contribution in [2.45, 2.75) is 26.3 Å². The van der Waals surface area contributed by atoms with Crippen LogP contribution in [0.2, 0.25) is 0 Å². The second-order valence-corrected chi connectivity index (χ2v) is 4.09. The van der Waals surface area contributed by atoms with E-state index in [1.165, 1.54) is 0 Å². The van der Waals surface area contributed by atoms with Crippen molar-refractivity contribution in [2.75, 3.05) is 13.2 Å². The van der Waals surface area contributed by atoms with E-state index in [0.29, 0.717) is 6.04 Å². The van der Waals surface area contributed by atoms with Crippen molar-refractivity contribution in [2.24, 2.45) is 0 Å². The predicted molar refractivity (Wildman–Crippen MR) is 59.3 cm³/mol. The molecule has 0 aliphatic carbocycles. The van der Waals surface area contributed by atoms with Crippen molar-refractivity contribution in [3.63, 3.8) is 0 Å². The smallest absolute Gasteiger partial charge is 0.162 e. The second kappa shape index (κ2) is 3.52. The summed E-state index contributed by atoms with van der Waals surface area (Å²) in [4.78, 5) is 8.72. The molecule has 0 radical (unpaired) electrons. The van der Waals surface area contributed by atoms with Crippen LogP contribution >= 0.6 is 0 Å². The van der Waals surface area contributed by atoms with Crippen LogP contribution in [0.15, 0.2) is 6.20 Å². The van der Waals surface area contributed by atoms with Crippen molar-refractivity contribution in [3.05, 3.63) is 17.7 Å². The van der Waals surface area contributed by atoms with Gasteiger partial charge in [0.15, 0.2) is 5.65 Å². The van der Waals surface area contributed by atoms with Crippen LogP contribution in [-0.4, -0.2) is 33.0 Å². The molecule has 2 aromatic rings. The molecule has 0 spiro atoms. The summed E-state index contributed by atoms with van der Waals surface area (Å²) in [5.41, 5.74) is 2.01. The first-order chi connectivity index (χ1) is 7.79. The summed E-state index contributed by atoms with van der Waals surface area (Å²) in [5, 5.41) is 5.67. The van der Waals surface area contributed by atoms with E-state index in [1.54, 1.807) is 0 Å². The first-order valence-corrected chi connectivity index (χ1v) is 5.58. The standard InChI is InChI=1S/C11H14N4O/c1-3-10-9-4-12-7(2)13-11(9)15(14-10)8-5-16-6-8/h4,8H,3,5-6H2,1-2H3. The SMILES string of the molecule is CCc1nn(C2COC2)c2nc(C)ncc12. The van der Waals surface area contributed by atoms with E-state index in [1.807, 2.05) is 17.8 Å². The maximum absolute atomic E-state index is 5.21. The highest BCUT2D eigenvalue weighted by atomic mass is 16.5. The topological polar surface area (TPSA) is 52.8 Å². The molecule has 84 valence electrons. The first kappa shape index (κ1) is 9.72. The minimum Gasteiger partial charge on any atom is -0.377 e. The van der Waals surface area contributed by atoms with Crippen LogP contribution in [0.4, 0.5) is 0 Å². The van der Waals surface area contributed by atoms with E-state index >= 15 is 0 Å². The lowest BCUT2D eigenvalue weighted by Gasteiger charge is -2.26. The normalized spacial score (nSPS) is 16.6. The van der Waals surface area contributed by atoms with E-state index in [0.717, 1.165) is 42.2 Å². The van der Waals surface area contributed by atoms with Gasteiger partial charge in [-0.2, -0.15) is 5.10 Å². The Morgan fingerprint density at radius 1 is 1.50 bits per heavy atom. The summed E-state index contributed by atoms with van der Waals surface area (Å²) in [6.07, 6.45) is 2.78. The predicted octanol–water partition coefficient (Wildman–Crippen LogP) is 1.27. The summed E-state index contributed by atoms with van der Waals surface area (Å²) in [5.74, 6) is 0.788.